The molecule has 3 aromatic rings. The fraction of sp³-hybridized carbons (Fsp3) is 0.483. The van der Waals surface area contributed by atoms with Crippen LogP contribution in [-0.2, 0) is 33.9 Å². The standard InChI is InChI=1S/C29H39N7O5/c1-5-24-30-9-13-34(24)12-8-26(38)36-16-17-41-23-18-21(6-7-22(23)40-4)28-31-10-14-35(28)15-11-32-29(39)27(20(2)3)33-25(37)19-36/h6-7,9-10,13-14,18,20,27H,5,8,11-12,15-17,19H2,1-4H3,(H,32,39)(H,33,37)/t27-/m1/s1. The maximum atomic E-state index is 13.4. The maximum Gasteiger partial charge on any atom is 0.242 e. The van der Waals surface area contributed by atoms with Crippen molar-refractivity contribution in [3.8, 4) is 22.9 Å². The third kappa shape index (κ3) is 7.44. The van der Waals surface area contributed by atoms with Crippen molar-refractivity contribution in [1.82, 2.24) is 34.6 Å². The van der Waals surface area contributed by atoms with E-state index in [2.05, 4.69) is 20.6 Å². The highest BCUT2D eigenvalue weighted by Crippen LogP contribution is 2.32. The van der Waals surface area contributed by atoms with Gasteiger partial charge in [0.05, 0.1) is 20.2 Å². The van der Waals surface area contributed by atoms with Crippen LogP contribution in [0.5, 0.6) is 11.5 Å². The Kier molecular flexibility index (Phi) is 9.99. The van der Waals surface area contributed by atoms with Gasteiger partial charge in [-0.3, -0.25) is 14.4 Å². The lowest BCUT2D eigenvalue weighted by molar-refractivity contribution is -0.137. The first kappa shape index (κ1) is 29.6. The molecule has 12 heteroatoms. The van der Waals surface area contributed by atoms with Crippen molar-refractivity contribution < 1.29 is 23.9 Å². The molecule has 1 aliphatic rings. The van der Waals surface area contributed by atoms with Crippen LogP contribution in [0.1, 0.15) is 33.0 Å². The molecule has 2 bridgehead atoms. The molecular formula is C29H39N7O5. The van der Waals surface area contributed by atoms with Crippen molar-refractivity contribution in [2.45, 2.75) is 52.7 Å². The summed E-state index contributed by atoms with van der Waals surface area (Å²) in [5.74, 6) is 1.60. The zero-order valence-corrected chi connectivity index (χ0v) is 24.1. The number of imidazole rings is 2. The van der Waals surface area contributed by atoms with Crippen LogP contribution in [0.25, 0.3) is 11.4 Å². The van der Waals surface area contributed by atoms with E-state index in [0.29, 0.717) is 37.0 Å². The molecule has 0 radical (unpaired) electrons. The lowest BCUT2D eigenvalue weighted by Crippen LogP contribution is -2.53. The molecular weight excluding hydrogens is 526 g/mol. The summed E-state index contributed by atoms with van der Waals surface area (Å²) in [7, 11) is 1.56. The minimum atomic E-state index is -0.744. The number of carbonyl (C=O) groups excluding carboxylic acids is 3. The summed E-state index contributed by atoms with van der Waals surface area (Å²) in [6.45, 7) is 7.12. The fourth-order valence-electron chi connectivity index (χ4n) is 4.81. The van der Waals surface area contributed by atoms with Gasteiger partial charge in [0.2, 0.25) is 17.7 Å². The van der Waals surface area contributed by atoms with Crippen LogP contribution in [-0.4, -0.2) is 81.1 Å². The Labute approximate surface area is 240 Å². The van der Waals surface area contributed by atoms with Gasteiger partial charge < -0.3 is 34.1 Å². The van der Waals surface area contributed by atoms with Crippen molar-refractivity contribution in [3.05, 3.63) is 48.8 Å². The summed E-state index contributed by atoms with van der Waals surface area (Å²) in [5.41, 5.74) is 0.818. The highest BCUT2D eigenvalue weighted by molar-refractivity contribution is 5.90. The number of fused-ring (bicyclic) bond motifs is 4. The number of hydrogen-bond acceptors (Lipinski definition) is 7. The van der Waals surface area contributed by atoms with E-state index >= 15 is 0 Å². The summed E-state index contributed by atoms with van der Waals surface area (Å²) in [6, 6.07) is 4.80. The van der Waals surface area contributed by atoms with Crippen molar-refractivity contribution >= 4 is 17.7 Å². The van der Waals surface area contributed by atoms with Crippen molar-refractivity contribution in [2.24, 2.45) is 5.92 Å². The molecule has 0 fully saturated rings. The number of methoxy groups -OCH3 is 1. The van der Waals surface area contributed by atoms with E-state index in [1.54, 1.807) is 25.6 Å². The zero-order chi connectivity index (χ0) is 29.4. The van der Waals surface area contributed by atoms with Gasteiger partial charge >= 0.3 is 0 Å². The predicted octanol–water partition coefficient (Wildman–Crippen LogP) is 1.89. The number of aromatic nitrogens is 4. The van der Waals surface area contributed by atoms with E-state index in [-0.39, 0.29) is 43.8 Å². The summed E-state index contributed by atoms with van der Waals surface area (Å²) in [6.07, 6.45) is 8.04. The number of hydrogen-bond donors (Lipinski definition) is 2. The largest absolute Gasteiger partial charge is 0.493 e. The third-order valence-corrected chi connectivity index (χ3v) is 7.05. The number of aryl methyl sites for hydroxylation is 2. The van der Waals surface area contributed by atoms with Crippen LogP contribution in [0.3, 0.4) is 0 Å². The smallest absolute Gasteiger partial charge is 0.242 e. The fourth-order valence-corrected chi connectivity index (χ4v) is 4.81. The Morgan fingerprint density at radius 3 is 2.73 bits per heavy atom. The van der Waals surface area contributed by atoms with Gasteiger partial charge in [-0.1, -0.05) is 20.8 Å². The lowest BCUT2D eigenvalue weighted by atomic mass is 10.0. The first-order chi connectivity index (χ1) is 19.8. The minimum Gasteiger partial charge on any atom is -0.493 e. The average molecular weight is 566 g/mol. The number of nitrogens with zero attached hydrogens (tertiary/aromatic N) is 5. The van der Waals surface area contributed by atoms with Crippen LogP contribution in [0.4, 0.5) is 0 Å². The number of nitrogens with one attached hydrogen (secondary N) is 2. The zero-order valence-electron chi connectivity index (χ0n) is 24.1. The van der Waals surface area contributed by atoms with E-state index in [4.69, 9.17) is 9.47 Å². The second-order valence-corrected chi connectivity index (χ2v) is 10.2. The molecule has 4 rings (SSSR count). The van der Waals surface area contributed by atoms with E-state index in [1.165, 1.54) is 4.90 Å². The van der Waals surface area contributed by atoms with E-state index < -0.39 is 11.9 Å². The monoisotopic (exact) mass is 565 g/mol. The molecule has 2 aromatic heterocycles. The first-order valence-corrected chi connectivity index (χ1v) is 14.0. The lowest BCUT2D eigenvalue weighted by Gasteiger charge is -2.26. The summed E-state index contributed by atoms with van der Waals surface area (Å²) >= 11 is 0. The molecule has 0 saturated carbocycles. The Hall–Kier alpha value is -4.35. The third-order valence-electron chi connectivity index (χ3n) is 7.05. The van der Waals surface area contributed by atoms with Crippen molar-refractivity contribution in [3.63, 3.8) is 0 Å². The van der Waals surface area contributed by atoms with Gasteiger partial charge in [0.15, 0.2) is 11.5 Å². The molecule has 0 saturated heterocycles. The number of ether oxygens (including phenoxy) is 2. The molecule has 0 unspecified atom stereocenters. The van der Waals surface area contributed by atoms with Crippen molar-refractivity contribution in [1.29, 1.82) is 0 Å². The summed E-state index contributed by atoms with van der Waals surface area (Å²) in [5, 5.41) is 5.76. The average Bonchev–Trinajstić information content (AvgIpc) is 3.62. The molecule has 0 spiro atoms. The molecule has 3 heterocycles. The molecule has 1 aliphatic heterocycles. The Bertz CT molecular complexity index is 1350. The Morgan fingerprint density at radius 2 is 1.98 bits per heavy atom. The Morgan fingerprint density at radius 1 is 1.17 bits per heavy atom. The van der Waals surface area contributed by atoms with Crippen molar-refractivity contribution in [2.75, 3.05) is 33.4 Å². The quantitative estimate of drug-likeness (QED) is 0.466. The molecule has 3 amide bonds. The molecule has 2 N–H and O–H groups in total. The van der Waals surface area contributed by atoms with E-state index in [1.807, 2.05) is 54.4 Å². The van der Waals surface area contributed by atoms with Gasteiger partial charge in [0, 0.05) is 62.8 Å². The molecule has 12 nitrogen and oxygen atoms in total. The van der Waals surface area contributed by atoms with Gasteiger partial charge in [-0.05, 0) is 24.1 Å². The maximum absolute atomic E-state index is 13.4. The van der Waals surface area contributed by atoms with Crippen LogP contribution in [0.15, 0.2) is 43.0 Å². The van der Waals surface area contributed by atoms with Crippen LogP contribution < -0.4 is 20.1 Å². The molecule has 41 heavy (non-hydrogen) atoms. The van der Waals surface area contributed by atoms with E-state index in [9.17, 15) is 14.4 Å². The van der Waals surface area contributed by atoms with Gasteiger partial charge in [-0.15, -0.1) is 0 Å². The molecule has 1 atom stereocenters. The summed E-state index contributed by atoms with van der Waals surface area (Å²) < 4.78 is 15.5. The normalized spacial score (nSPS) is 16.8. The topological polar surface area (TPSA) is 133 Å². The highest BCUT2D eigenvalue weighted by atomic mass is 16.5. The molecule has 0 aliphatic carbocycles. The number of benzene rings is 1. The second kappa shape index (κ2) is 13.8. The van der Waals surface area contributed by atoms with Crippen LogP contribution in [0.2, 0.25) is 0 Å². The first-order valence-electron chi connectivity index (χ1n) is 14.0. The highest BCUT2D eigenvalue weighted by Gasteiger charge is 2.26. The molecule has 1 aromatic carbocycles. The molecule has 220 valence electrons. The van der Waals surface area contributed by atoms with Gasteiger partial charge in [-0.2, -0.15) is 0 Å². The second-order valence-electron chi connectivity index (χ2n) is 10.2. The minimum absolute atomic E-state index is 0.132. The number of carbonyl (C=O) groups is 3. The van der Waals surface area contributed by atoms with Crippen LogP contribution in [0, 0.1) is 5.92 Å². The van der Waals surface area contributed by atoms with Gasteiger partial charge in [-0.25, -0.2) is 9.97 Å². The predicted molar refractivity (Wildman–Crippen MR) is 152 cm³/mol. The summed E-state index contributed by atoms with van der Waals surface area (Å²) in [4.78, 5) is 49.8. The number of amides is 3. The van der Waals surface area contributed by atoms with Crippen LogP contribution >= 0.6 is 0 Å². The van der Waals surface area contributed by atoms with Gasteiger partial charge in [0.1, 0.15) is 24.3 Å². The van der Waals surface area contributed by atoms with E-state index in [0.717, 1.165) is 17.8 Å². The van der Waals surface area contributed by atoms with Gasteiger partial charge in [0.25, 0.3) is 0 Å². The number of rotatable bonds is 6. The Balaban J connectivity index is 1.59. The SMILES string of the molecule is CCc1nccn1CCC(=O)N1CCOc2cc(ccc2OC)-c2nccn2CCNC(=O)[C@@H](C(C)C)NC(=O)C1.